The summed E-state index contributed by atoms with van der Waals surface area (Å²) >= 11 is 0. The Balaban J connectivity index is 0.00000144. The molecule has 2 aromatic rings. The van der Waals surface area contributed by atoms with E-state index in [-0.39, 0.29) is 24.6 Å². The summed E-state index contributed by atoms with van der Waals surface area (Å²) in [6.45, 7) is 0. The van der Waals surface area contributed by atoms with Crippen molar-refractivity contribution in [3.8, 4) is 5.75 Å². The fourth-order valence-corrected chi connectivity index (χ4v) is 1.66. The Hall–Kier alpha value is -1.72. The standard InChI is InChI=1S/C11H12N2O3.ClH/c12-9(11(15)16)3-6-5-13-10-2-1-7(14)4-8(6)10;/h1-2,4-5,9,13-14H,3,12H2,(H,15,16);1H. The van der Waals surface area contributed by atoms with Gasteiger partial charge < -0.3 is 20.9 Å². The second-order valence-corrected chi connectivity index (χ2v) is 3.69. The predicted molar refractivity (Wildman–Crippen MR) is 66.5 cm³/mol. The first-order chi connectivity index (χ1) is 7.58. The van der Waals surface area contributed by atoms with Crippen molar-refractivity contribution in [2.24, 2.45) is 5.73 Å². The molecule has 1 atom stereocenters. The highest BCUT2D eigenvalue weighted by atomic mass is 35.5. The summed E-state index contributed by atoms with van der Waals surface area (Å²) in [5.41, 5.74) is 7.11. The summed E-state index contributed by atoms with van der Waals surface area (Å²) in [4.78, 5) is 13.6. The van der Waals surface area contributed by atoms with E-state index in [2.05, 4.69) is 4.98 Å². The summed E-state index contributed by atoms with van der Waals surface area (Å²) in [6, 6.07) is 3.97. The number of phenolic OH excluding ortho intramolecular Hbond substituents is 1. The van der Waals surface area contributed by atoms with Gasteiger partial charge in [0.2, 0.25) is 0 Å². The zero-order valence-corrected chi connectivity index (χ0v) is 9.70. The predicted octanol–water partition coefficient (Wildman–Crippen LogP) is 1.25. The summed E-state index contributed by atoms with van der Waals surface area (Å²) in [5, 5.41) is 18.9. The lowest BCUT2D eigenvalue weighted by Crippen LogP contribution is -2.32. The molecule has 0 aliphatic rings. The monoisotopic (exact) mass is 256 g/mol. The smallest absolute Gasteiger partial charge is 0.320 e. The minimum absolute atomic E-state index is 0. The maximum atomic E-state index is 10.6. The van der Waals surface area contributed by atoms with Gasteiger partial charge in [-0.2, -0.15) is 0 Å². The summed E-state index contributed by atoms with van der Waals surface area (Å²) < 4.78 is 0. The normalized spacial score (nSPS) is 12.1. The summed E-state index contributed by atoms with van der Waals surface area (Å²) in [6.07, 6.45) is 1.95. The van der Waals surface area contributed by atoms with E-state index in [1.807, 2.05) is 0 Å². The number of carboxylic acids is 1. The van der Waals surface area contributed by atoms with E-state index in [0.29, 0.717) is 0 Å². The molecule has 92 valence electrons. The number of aromatic nitrogens is 1. The van der Waals surface area contributed by atoms with Gasteiger partial charge in [-0.1, -0.05) is 0 Å². The molecular formula is C11H13ClN2O3. The van der Waals surface area contributed by atoms with E-state index in [1.54, 1.807) is 24.4 Å². The number of nitrogens with two attached hydrogens (primary N) is 1. The van der Waals surface area contributed by atoms with Crippen LogP contribution in [-0.4, -0.2) is 27.2 Å². The van der Waals surface area contributed by atoms with E-state index >= 15 is 0 Å². The molecule has 0 bridgehead atoms. The van der Waals surface area contributed by atoms with Crippen LogP contribution in [0.4, 0.5) is 0 Å². The molecule has 1 heterocycles. The van der Waals surface area contributed by atoms with Crippen molar-refractivity contribution in [2.45, 2.75) is 12.5 Å². The van der Waals surface area contributed by atoms with Crippen LogP contribution >= 0.6 is 12.4 Å². The average molecular weight is 257 g/mol. The number of rotatable bonds is 3. The van der Waals surface area contributed by atoms with Gasteiger partial charge in [-0.3, -0.25) is 4.79 Å². The van der Waals surface area contributed by atoms with Gasteiger partial charge in [-0.15, -0.1) is 12.4 Å². The first-order valence-electron chi connectivity index (χ1n) is 4.85. The highest BCUT2D eigenvalue weighted by Crippen LogP contribution is 2.23. The lowest BCUT2D eigenvalue weighted by Gasteiger charge is -2.04. The first kappa shape index (κ1) is 13.3. The molecule has 1 unspecified atom stereocenters. The number of aromatic amines is 1. The number of carboxylic acid groups (broad SMARTS) is 1. The molecule has 2 rings (SSSR count). The summed E-state index contributed by atoms with van der Waals surface area (Å²) in [7, 11) is 0. The Bertz CT molecular complexity index is 538. The molecule has 0 aliphatic carbocycles. The fourth-order valence-electron chi connectivity index (χ4n) is 1.66. The van der Waals surface area contributed by atoms with E-state index < -0.39 is 12.0 Å². The number of nitrogens with one attached hydrogen (secondary N) is 1. The van der Waals surface area contributed by atoms with Gasteiger partial charge >= 0.3 is 5.97 Å². The van der Waals surface area contributed by atoms with Gasteiger partial charge in [0.25, 0.3) is 0 Å². The van der Waals surface area contributed by atoms with Crippen LogP contribution in [0.5, 0.6) is 5.75 Å². The first-order valence-corrected chi connectivity index (χ1v) is 4.85. The molecule has 0 spiro atoms. The van der Waals surface area contributed by atoms with E-state index in [9.17, 15) is 9.90 Å². The van der Waals surface area contributed by atoms with Crippen molar-refractivity contribution in [1.29, 1.82) is 0 Å². The third-order valence-corrected chi connectivity index (χ3v) is 2.51. The molecule has 0 amide bonds. The highest BCUT2D eigenvalue weighted by Gasteiger charge is 2.14. The molecule has 17 heavy (non-hydrogen) atoms. The Morgan fingerprint density at radius 1 is 1.47 bits per heavy atom. The Morgan fingerprint density at radius 3 is 2.82 bits per heavy atom. The van der Waals surface area contributed by atoms with Gasteiger partial charge in [0.1, 0.15) is 11.8 Å². The Kier molecular flexibility index (Phi) is 3.98. The molecule has 1 aromatic carbocycles. The number of carbonyl (C=O) groups is 1. The van der Waals surface area contributed by atoms with Gasteiger partial charge in [-0.05, 0) is 23.8 Å². The number of phenols is 1. The van der Waals surface area contributed by atoms with E-state index in [1.165, 1.54) is 0 Å². The van der Waals surface area contributed by atoms with Crippen LogP contribution in [0.1, 0.15) is 5.56 Å². The maximum Gasteiger partial charge on any atom is 0.320 e. The van der Waals surface area contributed by atoms with Crippen LogP contribution in [-0.2, 0) is 11.2 Å². The van der Waals surface area contributed by atoms with Gasteiger partial charge in [0, 0.05) is 23.5 Å². The number of hydrogen-bond donors (Lipinski definition) is 4. The van der Waals surface area contributed by atoms with Crippen LogP contribution in [0, 0.1) is 0 Å². The van der Waals surface area contributed by atoms with Crippen molar-refractivity contribution in [3.05, 3.63) is 30.0 Å². The largest absolute Gasteiger partial charge is 0.508 e. The number of fused-ring (bicyclic) bond motifs is 1. The van der Waals surface area contributed by atoms with Crippen LogP contribution in [0.3, 0.4) is 0 Å². The Labute approximate surface area is 104 Å². The Morgan fingerprint density at radius 2 is 2.18 bits per heavy atom. The third-order valence-electron chi connectivity index (χ3n) is 2.51. The van der Waals surface area contributed by atoms with E-state index in [0.717, 1.165) is 16.5 Å². The van der Waals surface area contributed by atoms with Crippen LogP contribution in [0.2, 0.25) is 0 Å². The lowest BCUT2D eigenvalue weighted by atomic mass is 10.1. The van der Waals surface area contributed by atoms with Gasteiger partial charge in [0.05, 0.1) is 0 Å². The minimum atomic E-state index is -1.03. The van der Waals surface area contributed by atoms with Crippen molar-refractivity contribution < 1.29 is 15.0 Å². The number of hydrogen-bond acceptors (Lipinski definition) is 3. The number of H-pyrrole nitrogens is 1. The third kappa shape index (κ3) is 2.69. The molecular weight excluding hydrogens is 244 g/mol. The minimum Gasteiger partial charge on any atom is -0.508 e. The highest BCUT2D eigenvalue weighted by molar-refractivity contribution is 5.86. The zero-order valence-electron chi connectivity index (χ0n) is 8.88. The molecule has 5 N–H and O–H groups in total. The summed E-state index contributed by atoms with van der Waals surface area (Å²) in [5.74, 6) is -0.883. The second-order valence-electron chi connectivity index (χ2n) is 3.69. The molecule has 5 nitrogen and oxygen atoms in total. The number of halogens is 1. The SMILES string of the molecule is Cl.NC(Cc1c[nH]c2ccc(O)cc12)C(=O)O. The number of benzene rings is 1. The van der Waals surface area contributed by atoms with E-state index in [4.69, 9.17) is 10.8 Å². The lowest BCUT2D eigenvalue weighted by molar-refractivity contribution is -0.138. The van der Waals surface area contributed by atoms with Crippen molar-refractivity contribution in [2.75, 3.05) is 0 Å². The molecule has 0 radical (unpaired) electrons. The topological polar surface area (TPSA) is 99.3 Å². The van der Waals surface area contributed by atoms with Crippen molar-refractivity contribution in [1.82, 2.24) is 4.98 Å². The second kappa shape index (κ2) is 5.07. The van der Waals surface area contributed by atoms with Crippen LogP contribution in [0.25, 0.3) is 10.9 Å². The molecule has 0 fully saturated rings. The molecule has 0 saturated carbocycles. The molecule has 0 saturated heterocycles. The molecule has 6 heteroatoms. The average Bonchev–Trinajstić information content (AvgIpc) is 2.61. The number of aliphatic carboxylic acids is 1. The fraction of sp³-hybridized carbons (Fsp3) is 0.182. The van der Waals surface area contributed by atoms with Crippen LogP contribution < -0.4 is 5.73 Å². The zero-order chi connectivity index (χ0) is 11.7. The maximum absolute atomic E-state index is 10.6. The number of aromatic hydroxyl groups is 1. The molecule has 0 aliphatic heterocycles. The van der Waals surface area contributed by atoms with Gasteiger partial charge in [0.15, 0.2) is 0 Å². The van der Waals surface area contributed by atoms with Crippen molar-refractivity contribution in [3.63, 3.8) is 0 Å². The molecule has 1 aromatic heterocycles. The quantitative estimate of drug-likeness (QED) is 0.664. The van der Waals surface area contributed by atoms with Crippen LogP contribution in [0.15, 0.2) is 24.4 Å². The van der Waals surface area contributed by atoms with Crippen molar-refractivity contribution >= 4 is 29.3 Å². The van der Waals surface area contributed by atoms with Gasteiger partial charge in [-0.25, -0.2) is 0 Å².